The first-order chi connectivity index (χ1) is 16.4. The van der Waals surface area contributed by atoms with Gasteiger partial charge in [-0.05, 0) is 86.7 Å². The van der Waals surface area contributed by atoms with Crippen molar-refractivity contribution < 1.29 is 14.4 Å². The van der Waals surface area contributed by atoms with Gasteiger partial charge in [0.2, 0.25) is 11.8 Å². The molecule has 5 aliphatic rings. The monoisotopic (exact) mass is 463 g/mol. The Bertz CT molecular complexity index is 1120. The maximum Gasteiger partial charge on any atom is 0.274 e. The maximum absolute atomic E-state index is 13.2. The summed E-state index contributed by atoms with van der Waals surface area (Å²) in [6, 6.07) is 5.53. The normalized spacial score (nSPS) is 32.2. The average molecular weight is 464 g/mol. The number of fused-ring (bicyclic) bond motifs is 1. The molecule has 8 heteroatoms. The van der Waals surface area contributed by atoms with Crippen LogP contribution in [-0.4, -0.2) is 45.1 Å². The molecule has 1 unspecified atom stereocenters. The van der Waals surface area contributed by atoms with Crippen LogP contribution in [0.2, 0.25) is 0 Å². The zero-order chi connectivity index (χ0) is 23.4. The van der Waals surface area contributed by atoms with E-state index in [0.717, 1.165) is 24.2 Å². The molecule has 0 radical (unpaired) electrons. The largest absolute Gasteiger partial charge is 0.369 e. The van der Waals surface area contributed by atoms with Crippen molar-refractivity contribution in [2.75, 3.05) is 18.4 Å². The highest BCUT2D eigenvalue weighted by Gasteiger charge is 2.51. The minimum atomic E-state index is -0.364. The minimum absolute atomic E-state index is 0.0522. The molecule has 4 aliphatic carbocycles. The topological polar surface area (TPSA) is 110 Å². The molecule has 8 nitrogen and oxygen atoms in total. The van der Waals surface area contributed by atoms with Crippen molar-refractivity contribution in [2.45, 2.75) is 57.8 Å². The predicted molar refractivity (Wildman–Crippen MR) is 127 cm³/mol. The van der Waals surface area contributed by atoms with Crippen molar-refractivity contribution >= 4 is 29.2 Å². The van der Waals surface area contributed by atoms with Crippen LogP contribution >= 0.6 is 0 Å². The van der Waals surface area contributed by atoms with Crippen LogP contribution in [0.25, 0.3) is 5.65 Å². The molecular weight excluding hydrogens is 430 g/mol. The second-order valence-electron chi connectivity index (χ2n) is 11.4. The quantitative estimate of drug-likeness (QED) is 0.709. The van der Waals surface area contributed by atoms with Crippen LogP contribution in [-0.2, 0) is 9.59 Å². The minimum Gasteiger partial charge on any atom is -0.369 e. The fourth-order valence-electron chi connectivity index (χ4n) is 7.81. The lowest BCUT2D eigenvalue weighted by molar-refractivity contribution is -0.124. The van der Waals surface area contributed by atoms with Gasteiger partial charge >= 0.3 is 0 Å². The Morgan fingerprint density at radius 3 is 2.47 bits per heavy atom. The molecule has 1 atom stereocenters. The molecule has 0 aromatic carbocycles. The Morgan fingerprint density at radius 1 is 1.09 bits per heavy atom. The van der Waals surface area contributed by atoms with Crippen LogP contribution < -0.4 is 11.1 Å². The van der Waals surface area contributed by atoms with Crippen molar-refractivity contribution in [1.82, 2.24) is 14.3 Å². The highest BCUT2D eigenvalue weighted by atomic mass is 16.2. The van der Waals surface area contributed by atoms with Gasteiger partial charge in [0.15, 0.2) is 0 Å². The van der Waals surface area contributed by atoms with E-state index >= 15 is 0 Å². The zero-order valence-electron chi connectivity index (χ0n) is 19.5. The van der Waals surface area contributed by atoms with Gasteiger partial charge in [0.1, 0.15) is 17.2 Å². The lowest BCUT2D eigenvalue weighted by atomic mass is 9.49. The third-order valence-electron chi connectivity index (χ3n) is 8.79. The molecule has 3 heterocycles. The number of nitrogens with two attached hydrogens (primary N) is 1. The van der Waals surface area contributed by atoms with E-state index in [1.165, 1.54) is 38.5 Å². The number of carbonyl (C=O) groups is 3. The van der Waals surface area contributed by atoms with Gasteiger partial charge in [0.25, 0.3) is 5.91 Å². The molecule has 3 amide bonds. The average Bonchev–Trinajstić information content (AvgIpc) is 3.23. The second kappa shape index (κ2) is 8.10. The van der Waals surface area contributed by atoms with Gasteiger partial charge in [-0.15, -0.1) is 0 Å². The molecule has 7 rings (SSSR count). The summed E-state index contributed by atoms with van der Waals surface area (Å²) >= 11 is 0. The summed E-state index contributed by atoms with van der Waals surface area (Å²) < 4.78 is 1.78. The van der Waals surface area contributed by atoms with Gasteiger partial charge in [0.05, 0.1) is 5.92 Å². The van der Waals surface area contributed by atoms with Crippen LogP contribution in [0, 0.1) is 29.1 Å². The Labute approximate surface area is 199 Å². The highest BCUT2D eigenvalue weighted by Crippen LogP contribution is 2.61. The summed E-state index contributed by atoms with van der Waals surface area (Å²) in [6.45, 7) is 0.918. The van der Waals surface area contributed by atoms with Crippen molar-refractivity contribution in [1.29, 1.82) is 0 Å². The third-order valence-corrected chi connectivity index (χ3v) is 8.79. The number of nitrogens with one attached hydrogen (secondary N) is 1. The fraction of sp³-hybridized carbons (Fsp3) is 0.615. The van der Waals surface area contributed by atoms with Crippen LogP contribution in [0.3, 0.4) is 0 Å². The number of imidazole rings is 1. The number of anilines is 1. The second-order valence-corrected chi connectivity index (χ2v) is 11.4. The van der Waals surface area contributed by atoms with Gasteiger partial charge in [-0.25, -0.2) is 4.98 Å². The number of primary amides is 1. The Balaban J connectivity index is 1.18. The van der Waals surface area contributed by atoms with E-state index in [1.807, 2.05) is 18.2 Å². The molecular formula is C26H33N5O3. The van der Waals surface area contributed by atoms with E-state index in [2.05, 4.69) is 10.3 Å². The molecule has 4 bridgehead atoms. The third kappa shape index (κ3) is 3.87. The van der Waals surface area contributed by atoms with Gasteiger partial charge in [-0.2, -0.15) is 0 Å². The SMILES string of the molecule is NC(=O)C1CCCN(C(=O)c2cn3c(NC(=O)CC45CC6CC(CC(C6)C4)C5)cccc3n2)C1. The summed E-state index contributed by atoms with van der Waals surface area (Å²) in [6.07, 6.45) is 11.4. The number of amides is 3. The van der Waals surface area contributed by atoms with Gasteiger partial charge in [-0.1, -0.05) is 6.07 Å². The number of nitrogens with zero attached hydrogens (tertiary/aromatic N) is 3. The first-order valence-corrected chi connectivity index (χ1v) is 12.7. The van der Waals surface area contributed by atoms with E-state index in [-0.39, 0.29) is 29.1 Å². The molecule has 2 aromatic heterocycles. The van der Waals surface area contributed by atoms with Crippen LogP contribution in [0.4, 0.5) is 5.82 Å². The molecule has 3 N–H and O–H groups in total. The molecule has 0 spiro atoms. The van der Waals surface area contributed by atoms with Crippen molar-refractivity contribution in [3.05, 3.63) is 30.1 Å². The number of likely N-dealkylation sites (tertiary alicyclic amines) is 1. The molecule has 2 aromatic rings. The van der Waals surface area contributed by atoms with Crippen molar-refractivity contribution in [3.63, 3.8) is 0 Å². The van der Waals surface area contributed by atoms with E-state index in [4.69, 9.17) is 5.73 Å². The van der Waals surface area contributed by atoms with Crippen molar-refractivity contribution in [3.8, 4) is 0 Å². The first-order valence-electron chi connectivity index (χ1n) is 12.7. The fourth-order valence-corrected chi connectivity index (χ4v) is 7.81. The molecule has 5 fully saturated rings. The summed E-state index contributed by atoms with van der Waals surface area (Å²) in [7, 11) is 0. The lowest BCUT2D eigenvalue weighted by Gasteiger charge is -2.56. The molecule has 34 heavy (non-hydrogen) atoms. The van der Waals surface area contributed by atoms with E-state index in [1.54, 1.807) is 15.5 Å². The van der Waals surface area contributed by atoms with E-state index in [9.17, 15) is 14.4 Å². The molecule has 180 valence electrons. The number of pyridine rings is 1. The van der Waals surface area contributed by atoms with Gasteiger partial charge in [-0.3, -0.25) is 18.8 Å². The molecule has 1 saturated heterocycles. The summed E-state index contributed by atoms with van der Waals surface area (Å²) in [4.78, 5) is 44.0. The Kier molecular flexibility index (Phi) is 5.15. The molecule has 1 aliphatic heterocycles. The summed E-state index contributed by atoms with van der Waals surface area (Å²) in [5, 5.41) is 3.11. The van der Waals surface area contributed by atoms with Crippen LogP contribution in [0.15, 0.2) is 24.4 Å². The Morgan fingerprint density at radius 2 is 1.79 bits per heavy atom. The zero-order valence-corrected chi connectivity index (χ0v) is 19.5. The maximum atomic E-state index is 13.2. The number of hydrogen-bond acceptors (Lipinski definition) is 4. The summed E-state index contributed by atoms with van der Waals surface area (Å²) in [5.41, 5.74) is 6.56. The first kappa shape index (κ1) is 21.6. The lowest BCUT2D eigenvalue weighted by Crippen LogP contribution is -2.47. The van der Waals surface area contributed by atoms with Gasteiger partial charge in [0, 0.05) is 25.7 Å². The molecule has 4 saturated carbocycles. The number of piperidine rings is 1. The van der Waals surface area contributed by atoms with Crippen molar-refractivity contribution in [2.24, 2.45) is 34.8 Å². The standard InChI is InChI=1S/C26H33N5O3/c27-24(33)19-3-2-6-30(14-19)25(34)20-15-31-21(28-20)4-1-5-22(31)29-23(32)13-26-10-16-7-17(11-26)9-18(8-16)12-26/h1,4-5,15-19H,2-3,6-14H2,(H2,27,33)(H,29,32). The predicted octanol–water partition coefficient (Wildman–Crippen LogP) is 3.22. The van der Waals surface area contributed by atoms with Crippen LogP contribution in [0.1, 0.15) is 68.3 Å². The summed E-state index contributed by atoms with van der Waals surface area (Å²) in [5.74, 6) is 2.24. The van der Waals surface area contributed by atoms with Gasteiger partial charge < -0.3 is 16.0 Å². The Hall–Kier alpha value is -2.90. The number of aromatic nitrogens is 2. The number of carbonyl (C=O) groups excluding carboxylic acids is 3. The highest BCUT2D eigenvalue weighted by molar-refractivity contribution is 5.94. The number of rotatable bonds is 5. The smallest absolute Gasteiger partial charge is 0.274 e. The van der Waals surface area contributed by atoms with Crippen LogP contribution in [0.5, 0.6) is 0 Å². The van der Waals surface area contributed by atoms with E-state index < -0.39 is 0 Å². The number of hydrogen-bond donors (Lipinski definition) is 2. The van der Waals surface area contributed by atoms with E-state index in [0.29, 0.717) is 43.1 Å².